The number of hydrogen-bond acceptors (Lipinski definition) is 6. The minimum atomic E-state index is -0.761. The second-order valence-corrected chi connectivity index (χ2v) is 9.41. The van der Waals surface area contributed by atoms with Gasteiger partial charge in [-0.05, 0) is 73.4 Å². The van der Waals surface area contributed by atoms with E-state index in [1.165, 1.54) is 0 Å². The van der Waals surface area contributed by atoms with Gasteiger partial charge in [-0.2, -0.15) is 0 Å². The molecule has 0 N–H and O–H groups in total. The maximum atomic E-state index is 13.4. The highest BCUT2D eigenvalue weighted by molar-refractivity contribution is 6.01. The van der Waals surface area contributed by atoms with Gasteiger partial charge in [0.05, 0.1) is 21.3 Å². The van der Waals surface area contributed by atoms with Crippen LogP contribution in [-0.2, 0) is 27.2 Å². The molecule has 0 amide bonds. The molecule has 182 valence electrons. The molecule has 2 unspecified atom stereocenters. The Bertz CT molecular complexity index is 1010. The normalized spacial score (nSPS) is 23.0. The Morgan fingerprint density at radius 3 is 2.35 bits per heavy atom. The molecule has 0 aromatic heterocycles. The number of ether oxygens (including phenoxy) is 4. The molecule has 2 aromatic rings. The summed E-state index contributed by atoms with van der Waals surface area (Å²) in [6.07, 6.45) is 6.15. The van der Waals surface area contributed by atoms with Crippen molar-refractivity contribution in [3.63, 3.8) is 0 Å². The van der Waals surface area contributed by atoms with Crippen LogP contribution in [0.5, 0.6) is 17.2 Å². The summed E-state index contributed by atoms with van der Waals surface area (Å²) in [6, 6.07) is 13.4. The predicted molar refractivity (Wildman–Crippen MR) is 128 cm³/mol. The number of aryl methyl sites for hydroxylation is 1. The lowest BCUT2D eigenvalue weighted by molar-refractivity contribution is -0.185. The van der Waals surface area contributed by atoms with E-state index in [-0.39, 0.29) is 18.1 Å². The summed E-state index contributed by atoms with van der Waals surface area (Å²) in [5, 5.41) is 0. The SMILES string of the molecule is COc1cccc(CC2C(=O)CC(CCc3ccc(OC)c(OC)c3)(C3CCCC3)OC2=O)c1. The summed E-state index contributed by atoms with van der Waals surface area (Å²) in [6.45, 7) is 0. The molecule has 1 aliphatic heterocycles. The third-order valence-electron chi connectivity index (χ3n) is 7.41. The zero-order chi connectivity index (χ0) is 24.1. The second-order valence-electron chi connectivity index (χ2n) is 9.41. The molecule has 34 heavy (non-hydrogen) atoms. The van der Waals surface area contributed by atoms with Crippen molar-refractivity contribution < 1.29 is 28.5 Å². The fraction of sp³-hybridized carbons (Fsp3) is 0.500. The average molecular weight is 467 g/mol. The van der Waals surface area contributed by atoms with E-state index in [2.05, 4.69) is 0 Å². The number of benzene rings is 2. The molecule has 2 aromatic carbocycles. The molecular formula is C28H34O6. The quantitative estimate of drug-likeness (QED) is 0.385. The van der Waals surface area contributed by atoms with E-state index in [0.717, 1.165) is 36.8 Å². The molecule has 2 aliphatic rings. The average Bonchev–Trinajstić information content (AvgIpc) is 3.41. The highest BCUT2D eigenvalue weighted by Gasteiger charge is 2.51. The summed E-state index contributed by atoms with van der Waals surface area (Å²) in [7, 11) is 4.83. The molecule has 1 heterocycles. The number of ketones is 1. The molecule has 2 atom stereocenters. The van der Waals surface area contributed by atoms with Crippen molar-refractivity contribution in [2.75, 3.05) is 21.3 Å². The summed E-state index contributed by atoms with van der Waals surface area (Å²) in [4.78, 5) is 26.6. The molecule has 6 heteroatoms. The van der Waals surface area contributed by atoms with Crippen molar-refractivity contribution in [3.05, 3.63) is 53.6 Å². The lowest BCUT2D eigenvalue weighted by Gasteiger charge is -2.43. The number of esters is 1. The van der Waals surface area contributed by atoms with Gasteiger partial charge in [0, 0.05) is 6.42 Å². The van der Waals surface area contributed by atoms with Crippen LogP contribution in [0.3, 0.4) is 0 Å². The molecule has 2 fully saturated rings. The van der Waals surface area contributed by atoms with Gasteiger partial charge in [0.1, 0.15) is 17.3 Å². The molecule has 0 bridgehead atoms. The van der Waals surface area contributed by atoms with Crippen LogP contribution < -0.4 is 14.2 Å². The van der Waals surface area contributed by atoms with Crippen LogP contribution in [-0.4, -0.2) is 38.7 Å². The highest BCUT2D eigenvalue weighted by atomic mass is 16.6. The van der Waals surface area contributed by atoms with E-state index in [1.807, 2.05) is 42.5 Å². The van der Waals surface area contributed by atoms with Crippen LogP contribution in [0, 0.1) is 11.8 Å². The Kier molecular flexibility index (Phi) is 7.44. The van der Waals surface area contributed by atoms with E-state index < -0.39 is 17.5 Å². The number of carbonyl (C=O) groups is 2. The summed E-state index contributed by atoms with van der Waals surface area (Å²) in [5.41, 5.74) is 1.23. The minimum absolute atomic E-state index is 0.0155. The zero-order valence-corrected chi connectivity index (χ0v) is 20.3. The van der Waals surface area contributed by atoms with Gasteiger partial charge in [-0.25, -0.2) is 0 Å². The van der Waals surface area contributed by atoms with Gasteiger partial charge in [-0.15, -0.1) is 0 Å². The van der Waals surface area contributed by atoms with Gasteiger partial charge in [0.15, 0.2) is 17.3 Å². The minimum Gasteiger partial charge on any atom is -0.497 e. The van der Waals surface area contributed by atoms with Crippen LogP contribution in [0.2, 0.25) is 0 Å². The van der Waals surface area contributed by atoms with Crippen LogP contribution in [0.25, 0.3) is 0 Å². The van der Waals surface area contributed by atoms with Gasteiger partial charge in [0.25, 0.3) is 0 Å². The number of methoxy groups -OCH3 is 3. The first-order chi connectivity index (χ1) is 16.5. The molecule has 1 saturated carbocycles. The van der Waals surface area contributed by atoms with E-state index in [9.17, 15) is 9.59 Å². The number of carbonyl (C=O) groups excluding carboxylic acids is 2. The third-order valence-corrected chi connectivity index (χ3v) is 7.41. The van der Waals surface area contributed by atoms with Crippen molar-refractivity contribution in [3.8, 4) is 17.2 Å². The number of cyclic esters (lactones) is 1. The predicted octanol–water partition coefficient (Wildman–Crippen LogP) is 4.95. The second kappa shape index (κ2) is 10.5. The zero-order valence-electron chi connectivity index (χ0n) is 20.3. The number of hydrogen-bond donors (Lipinski definition) is 0. The number of rotatable bonds is 9. The Hall–Kier alpha value is -3.02. The maximum Gasteiger partial charge on any atom is 0.317 e. The topological polar surface area (TPSA) is 71.1 Å². The van der Waals surface area contributed by atoms with E-state index in [1.54, 1.807) is 21.3 Å². The Morgan fingerprint density at radius 1 is 0.912 bits per heavy atom. The highest BCUT2D eigenvalue weighted by Crippen LogP contribution is 2.45. The van der Waals surface area contributed by atoms with Crippen molar-refractivity contribution in [1.29, 1.82) is 0 Å². The van der Waals surface area contributed by atoms with E-state index >= 15 is 0 Å². The van der Waals surface area contributed by atoms with Gasteiger partial charge in [-0.3, -0.25) is 9.59 Å². The Morgan fingerprint density at radius 2 is 1.68 bits per heavy atom. The number of Topliss-reactive ketones (excluding diaryl/α,β-unsaturated/α-hetero) is 1. The monoisotopic (exact) mass is 466 g/mol. The van der Waals surface area contributed by atoms with Gasteiger partial charge >= 0.3 is 5.97 Å². The maximum absolute atomic E-state index is 13.4. The van der Waals surface area contributed by atoms with Crippen molar-refractivity contribution in [2.45, 2.75) is 57.0 Å². The summed E-state index contributed by atoms with van der Waals surface area (Å²) >= 11 is 0. The van der Waals surface area contributed by atoms with Crippen molar-refractivity contribution in [2.24, 2.45) is 11.8 Å². The fourth-order valence-corrected chi connectivity index (χ4v) is 5.50. The standard InChI is InChI=1S/C28H34O6/c1-31-22-10-6-7-20(15-22)16-23-24(29)18-28(34-27(23)30,21-8-4-5-9-21)14-13-19-11-12-25(32-2)26(17-19)33-3/h6-7,10-12,15,17,21,23H,4-5,8-9,13-14,16,18H2,1-3H3. The first kappa shape index (κ1) is 24.1. The van der Waals surface area contributed by atoms with Gasteiger partial charge in [0.2, 0.25) is 0 Å². The summed E-state index contributed by atoms with van der Waals surface area (Å²) in [5.74, 6) is 1.11. The Balaban J connectivity index is 1.52. The van der Waals surface area contributed by atoms with Gasteiger partial charge < -0.3 is 18.9 Å². The Labute approximate surface area is 201 Å². The first-order valence-electron chi connectivity index (χ1n) is 12.1. The van der Waals surface area contributed by atoms with E-state index in [4.69, 9.17) is 18.9 Å². The van der Waals surface area contributed by atoms with Crippen LogP contribution in [0.1, 0.15) is 49.7 Å². The van der Waals surface area contributed by atoms with Crippen molar-refractivity contribution in [1.82, 2.24) is 0 Å². The smallest absolute Gasteiger partial charge is 0.317 e. The molecule has 1 saturated heterocycles. The van der Waals surface area contributed by atoms with E-state index in [0.29, 0.717) is 36.5 Å². The molecule has 0 spiro atoms. The summed E-state index contributed by atoms with van der Waals surface area (Å²) < 4.78 is 22.3. The third kappa shape index (κ3) is 5.06. The van der Waals surface area contributed by atoms with Crippen LogP contribution >= 0.6 is 0 Å². The van der Waals surface area contributed by atoms with Crippen LogP contribution in [0.15, 0.2) is 42.5 Å². The fourth-order valence-electron chi connectivity index (χ4n) is 5.50. The van der Waals surface area contributed by atoms with Gasteiger partial charge in [-0.1, -0.05) is 31.0 Å². The molecule has 1 aliphatic carbocycles. The molecule has 0 radical (unpaired) electrons. The molecule has 4 rings (SSSR count). The van der Waals surface area contributed by atoms with Crippen molar-refractivity contribution >= 4 is 11.8 Å². The lowest BCUT2D eigenvalue weighted by Crippen LogP contribution is -2.52. The molecular weight excluding hydrogens is 432 g/mol. The first-order valence-corrected chi connectivity index (χ1v) is 12.1. The lowest BCUT2D eigenvalue weighted by atomic mass is 9.73. The van der Waals surface area contributed by atoms with Crippen LogP contribution in [0.4, 0.5) is 0 Å². The largest absolute Gasteiger partial charge is 0.497 e. The molecule has 6 nitrogen and oxygen atoms in total.